The molecule has 3 atom stereocenters. The molecule has 0 aromatic heterocycles. The fourth-order valence-electron chi connectivity index (χ4n) is 2.08. The van der Waals surface area contributed by atoms with Gasteiger partial charge in [-0.05, 0) is 12.5 Å². The molecule has 0 unspecified atom stereocenters. The van der Waals surface area contributed by atoms with Crippen molar-refractivity contribution in [2.75, 3.05) is 6.61 Å². The van der Waals surface area contributed by atoms with Gasteiger partial charge < -0.3 is 9.57 Å². The summed E-state index contributed by atoms with van der Waals surface area (Å²) in [5.41, 5.74) is 1.11. The van der Waals surface area contributed by atoms with E-state index in [1.54, 1.807) is 6.21 Å². The molecule has 0 N–H and O–H groups in total. The van der Waals surface area contributed by atoms with Crippen molar-refractivity contribution in [3.05, 3.63) is 41.1 Å². The number of hydrogen-bond donors (Lipinski definition) is 0. The number of rotatable bonds is 3. The summed E-state index contributed by atoms with van der Waals surface area (Å²) in [6.45, 7) is 4.45. The van der Waals surface area contributed by atoms with Crippen LogP contribution in [-0.2, 0) is 9.57 Å². The largest absolute Gasteiger partial charge is 0.372 e. The van der Waals surface area contributed by atoms with Crippen molar-refractivity contribution in [1.82, 2.24) is 0 Å². The van der Waals surface area contributed by atoms with E-state index in [9.17, 15) is 5.21 Å². The maximum atomic E-state index is 11.4. The van der Waals surface area contributed by atoms with Gasteiger partial charge in [0.05, 0.1) is 5.92 Å². The highest BCUT2D eigenvalue weighted by Gasteiger charge is 2.33. The van der Waals surface area contributed by atoms with Crippen molar-refractivity contribution in [1.29, 1.82) is 0 Å². The van der Waals surface area contributed by atoms with Crippen LogP contribution in [0.15, 0.2) is 30.3 Å². The van der Waals surface area contributed by atoms with Gasteiger partial charge in [-0.1, -0.05) is 37.3 Å². The second kappa shape index (κ2) is 5.19. The minimum atomic E-state index is -0.479. The summed E-state index contributed by atoms with van der Waals surface area (Å²) in [4.78, 5) is 5.60. The Kier molecular flexibility index (Phi) is 3.64. The van der Waals surface area contributed by atoms with Gasteiger partial charge in [-0.25, -0.2) is 0 Å². The molecule has 1 heterocycles. The van der Waals surface area contributed by atoms with Gasteiger partial charge in [-0.15, -0.1) is 0 Å². The quantitative estimate of drug-likeness (QED) is 0.755. The Morgan fingerprint density at radius 3 is 2.71 bits per heavy atom. The lowest BCUT2D eigenvalue weighted by molar-refractivity contribution is -0.771. The van der Waals surface area contributed by atoms with Gasteiger partial charge in [-0.2, -0.15) is 0 Å². The van der Waals surface area contributed by atoms with Gasteiger partial charge in [0, 0.05) is 17.4 Å². The van der Waals surface area contributed by atoms with Crippen LogP contribution in [0.4, 0.5) is 0 Å². The minimum absolute atomic E-state index is 0.0269. The van der Waals surface area contributed by atoms with Gasteiger partial charge in [-0.3, -0.25) is 5.21 Å². The number of hydrogen-bond acceptors (Lipinski definition) is 3. The lowest BCUT2D eigenvalue weighted by Crippen LogP contribution is -2.38. The third kappa shape index (κ3) is 2.58. The Balaban J connectivity index is 2.24. The van der Waals surface area contributed by atoms with Crippen LogP contribution >= 0.6 is 0 Å². The van der Waals surface area contributed by atoms with Crippen molar-refractivity contribution in [3.63, 3.8) is 0 Å². The monoisotopic (exact) mass is 235 g/mol. The molecule has 0 spiro atoms. The molecular formula is C13H17NO3. The van der Waals surface area contributed by atoms with Crippen LogP contribution in [0.25, 0.3) is 0 Å². The van der Waals surface area contributed by atoms with Gasteiger partial charge in [0.25, 0.3) is 0 Å². The van der Waals surface area contributed by atoms with Gasteiger partial charge in [0.15, 0.2) is 6.29 Å². The molecule has 17 heavy (non-hydrogen) atoms. The van der Waals surface area contributed by atoms with E-state index in [1.807, 2.05) is 44.2 Å². The topological polar surface area (TPSA) is 44.5 Å². The Morgan fingerprint density at radius 2 is 2.06 bits per heavy atom. The molecule has 0 fully saturated rings. The van der Waals surface area contributed by atoms with E-state index in [2.05, 4.69) is 0 Å². The zero-order valence-corrected chi connectivity index (χ0v) is 10.1. The maximum Gasteiger partial charge on any atom is 0.218 e. The average Bonchev–Trinajstić information content (AvgIpc) is 2.35. The van der Waals surface area contributed by atoms with Crippen LogP contribution in [0.3, 0.4) is 0 Å². The van der Waals surface area contributed by atoms with Crippen LogP contribution in [0, 0.1) is 11.1 Å². The molecule has 0 amide bonds. The lowest BCUT2D eigenvalue weighted by Gasteiger charge is -2.32. The fraction of sp³-hybridized carbons (Fsp3) is 0.462. The van der Waals surface area contributed by atoms with E-state index in [1.165, 1.54) is 0 Å². The summed E-state index contributed by atoms with van der Waals surface area (Å²) in [5.74, 6) is 0.140. The molecule has 4 heteroatoms. The standard InChI is InChI=1S/C13H17NO3/c1-3-16-13-10(2)12(9-14(15)17-13)11-7-5-4-6-8-11/h4-10,12-13H,3H2,1-2H3/t10-,12-,13-/m1/s1. The minimum Gasteiger partial charge on any atom is -0.372 e. The summed E-state index contributed by atoms with van der Waals surface area (Å²) < 4.78 is 5.43. The SMILES string of the molecule is CCO[C@@H]1O[N+]([O-])=C[C@@H](c2ccccc2)[C@H]1C. The summed E-state index contributed by atoms with van der Waals surface area (Å²) in [7, 11) is 0. The fourth-order valence-corrected chi connectivity index (χ4v) is 2.08. The first-order valence-corrected chi connectivity index (χ1v) is 5.87. The normalized spacial score (nSPS) is 28.4. The first kappa shape index (κ1) is 11.9. The lowest BCUT2D eigenvalue weighted by atomic mass is 9.87. The number of nitrogens with zero attached hydrogens (tertiary/aromatic N) is 1. The predicted octanol–water partition coefficient (Wildman–Crippen LogP) is 2.30. The van der Waals surface area contributed by atoms with Crippen molar-refractivity contribution >= 4 is 6.21 Å². The van der Waals surface area contributed by atoms with E-state index in [4.69, 9.17) is 9.57 Å². The molecule has 0 radical (unpaired) electrons. The smallest absolute Gasteiger partial charge is 0.218 e. The maximum absolute atomic E-state index is 11.4. The predicted molar refractivity (Wildman–Crippen MR) is 64.5 cm³/mol. The number of benzene rings is 1. The molecule has 2 rings (SSSR count). The molecule has 1 aromatic carbocycles. The summed E-state index contributed by atoms with van der Waals surface area (Å²) in [5, 5.41) is 11.4. The molecule has 1 aliphatic heterocycles. The third-order valence-corrected chi connectivity index (χ3v) is 3.00. The zero-order chi connectivity index (χ0) is 12.3. The molecule has 4 nitrogen and oxygen atoms in total. The second-order valence-electron chi connectivity index (χ2n) is 4.16. The molecular weight excluding hydrogens is 218 g/mol. The molecule has 0 aliphatic carbocycles. The summed E-state index contributed by atoms with van der Waals surface area (Å²) in [6.07, 6.45) is 1.07. The highest BCUT2D eigenvalue weighted by atomic mass is 16.9. The van der Waals surface area contributed by atoms with Crippen molar-refractivity contribution in [2.24, 2.45) is 5.92 Å². The highest BCUT2D eigenvalue weighted by molar-refractivity contribution is 5.64. The van der Waals surface area contributed by atoms with E-state index in [-0.39, 0.29) is 11.8 Å². The van der Waals surface area contributed by atoms with Crippen LogP contribution in [-0.4, -0.2) is 24.0 Å². The second-order valence-corrected chi connectivity index (χ2v) is 4.16. The van der Waals surface area contributed by atoms with Crippen LogP contribution in [0.1, 0.15) is 25.3 Å². The Morgan fingerprint density at radius 1 is 1.35 bits per heavy atom. The van der Waals surface area contributed by atoms with E-state index in [0.29, 0.717) is 11.5 Å². The molecule has 1 aliphatic rings. The third-order valence-electron chi connectivity index (χ3n) is 3.00. The molecule has 1 aromatic rings. The first-order valence-electron chi connectivity index (χ1n) is 5.87. The Labute approximate surface area is 101 Å². The Bertz CT molecular complexity index is 391. The molecule has 0 saturated heterocycles. The van der Waals surface area contributed by atoms with Crippen molar-refractivity contribution in [2.45, 2.75) is 26.1 Å². The molecule has 0 saturated carbocycles. The average molecular weight is 235 g/mol. The van der Waals surface area contributed by atoms with Gasteiger partial charge in [0.1, 0.15) is 0 Å². The number of ether oxygens (including phenoxy) is 1. The first-order chi connectivity index (χ1) is 8.22. The molecule has 0 bridgehead atoms. The van der Waals surface area contributed by atoms with Crippen LogP contribution in [0.5, 0.6) is 0 Å². The van der Waals surface area contributed by atoms with E-state index < -0.39 is 6.29 Å². The molecule has 92 valence electrons. The van der Waals surface area contributed by atoms with Crippen molar-refractivity contribution in [3.8, 4) is 0 Å². The van der Waals surface area contributed by atoms with Crippen LogP contribution < -0.4 is 0 Å². The summed E-state index contributed by atoms with van der Waals surface area (Å²) in [6, 6.07) is 9.93. The van der Waals surface area contributed by atoms with Crippen LogP contribution in [0.2, 0.25) is 0 Å². The van der Waals surface area contributed by atoms with E-state index >= 15 is 0 Å². The summed E-state index contributed by atoms with van der Waals surface area (Å²) >= 11 is 0. The zero-order valence-electron chi connectivity index (χ0n) is 10.1. The van der Waals surface area contributed by atoms with Gasteiger partial charge in [0.2, 0.25) is 6.21 Å². The van der Waals surface area contributed by atoms with Crippen molar-refractivity contribution < 1.29 is 14.5 Å². The Hall–Kier alpha value is -1.55. The van der Waals surface area contributed by atoms with E-state index in [0.717, 1.165) is 5.56 Å². The van der Waals surface area contributed by atoms with Gasteiger partial charge >= 0.3 is 0 Å². The highest BCUT2D eigenvalue weighted by Crippen LogP contribution is 2.30.